The maximum Gasteiger partial charge on any atom is 0.301 e. The van der Waals surface area contributed by atoms with Gasteiger partial charge >= 0.3 is 10.2 Å². The molecular formula is C16H26N4O5S2. The quantitative estimate of drug-likeness (QED) is 0.667. The third-order valence-corrected chi connectivity index (χ3v) is 7.68. The number of carbonyl (C=O) groups is 1. The normalized spacial score (nSPS) is 19.0. The van der Waals surface area contributed by atoms with Crippen LogP contribution in [0.1, 0.15) is 19.8 Å². The predicted molar refractivity (Wildman–Crippen MR) is 103 cm³/mol. The summed E-state index contributed by atoms with van der Waals surface area (Å²) in [6, 6.07) is 5.62. The molecule has 1 saturated heterocycles. The molecule has 9 nitrogen and oxygen atoms in total. The molecule has 152 valence electrons. The molecule has 1 aliphatic heterocycles. The van der Waals surface area contributed by atoms with Crippen molar-refractivity contribution in [1.29, 1.82) is 0 Å². The molecule has 0 saturated carbocycles. The maximum atomic E-state index is 12.9. The summed E-state index contributed by atoms with van der Waals surface area (Å²) in [5.41, 5.74) is 0.282. The second-order valence-corrected chi connectivity index (χ2v) is 10.5. The highest BCUT2D eigenvalue weighted by Gasteiger charge is 2.30. The van der Waals surface area contributed by atoms with Crippen LogP contribution in [0.25, 0.3) is 0 Å². The number of anilines is 1. The Bertz CT molecular complexity index is 867. The van der Waals surface area contributed by atoms with Gasteiger partial charge in [0.2, 0.25) is 15.9 Å². The van der Waals surface area contributed by atoms with E-state index in [9.17, 15) is 21.6 Å². The third kappa shape index (κ3) is 5.64. The standard InChI is InChI=1S/C16H26N4O5S2/c1-13(21)17-11-14-5-4-10-20(12-14)26(22,23)16-8-6-15(7-9-16)18-27(24,25)19(2)3/h6-9,14,18H,4-5,10-12H2,1-3H3,(H,17,21). The van der Waals surface area contributed by atoms with Crippen LogP contribution >= 0.6 is 0 Å². The van der Waals surface area contributed by atoms with Gasteiger partial charge in [0, 0.05) is 46.3 Å². The first-order valence-electron chi connectivity index (χ1n) is 8.57. The van der Waals surface area contributed by atoms with Gasteiger partial charge in [0.25, 0.3) is 0 Å². The molecule has 0 bridgehead atoms. The van der Waals surface area contributed by atoms with Crippen LogP contribution < -0.4 is 10.0 Å². The number of carbonyl (C=O) groups excluding carboxylic acids is 1. The van der Waals surface area contributed by atoms with E-state index in [0.717, 1.165) is 17.1 Å². The van der Waals surface area contributed by atoms with Crippen molar-refractivity contribution in [3.63, 3.8) is 0 Å². The average Bonchev–Trinajstić information content (AvgIpc) is 2.60. The molecule has 1 aromatic rings. The lowest BCUT2D eigenvalue weighted by Gasteiger charge is -2.32. The van der Waals surface area contributed by atoms with Crippen molar-refractivity contribution in [2.75, 3.05) is 38.5 Å². The van der Waals surface area contributed by atoms with Crippen LogP contribution in [0.4, 0.5) is 5.69 Å². The van der Waals surface area contributed by atoms with E-state index in [1.165, 1.54) is 49.6 Å². The second kappa shape index (κ2) is 8.55. The van der Waals surface area contributed by atoms with Gasteiger partial charge in [-0.25, -0.2) is 8.42 Å². The summed E-state index contributed by atoms with van der Waals surface area (Å²) in [4.78, 5) is 11.2. The number of rotatable bonds is 7. The largest absolute Gasteiger partial charge is 0.356 e. The van der Waals surface area contributed by atoms with Crippen molar-refractivity contribution in [3.05, 3.63) is 24.3 Å². The van der Waals surface area contributed by atoms with Gasteiger partial charge in [-0.15, -0.1) is 0 Å². The lowest BCUT2D eigenvalue weighted by molar-refractivity contribution is -0.119. The molecule has 0 aromatic heterocycles. The van der Waals surface area contributed by atoms with E-state index >= 15 is 0 Å². The van der Waals surface area contributed by atoms with Gasteiger partial charge in [0.1, 0.15) is 0 Å². The number of nitrogens with one attached hydrogen (secondary N) is 2. The molecule has 1 fully saturated rings. The van der Waals surface area contributed by atoms with Gasteiger partial charge in [0.05, 0.1) is 4.90 Å². The third-order valence-electron chi connectivity index (χ3n) is 4.34. The highest BCUT2D eigenvalue weighted by Crippen LogP contribution is 2.24. The molecule has 11 heteroatoms. The zero-order valence-corrected chi connectivity index (χ0v) is 17.3. The zero-order chi connectivity index (χ0) is 20.2. The Labute approximate surface area is 161 Å². The molecule has 1 atom stereocenters. The number of sulfonamides is 1. The van der Waals surface area contributed by atoms with Crippen LogP contribution in [0, 0.1) is 5.92 Å². The number of benzene rings is 1. The highest BCUT2D eigenvalue weighted by molar-refractivity contribution is 7.90. The first-order chi connectivity index (χ1) is 12.5. The van der Waals surface area contributed by atoms with Crippen LogP contribution in [-0.4, -0.2) is 65.1 Å². The van der Waals surface area contributed by atoms with E-state index < -0.39 is 20.2 Å². The summed E-state index contributed by atoms with van der Waals surface area (Å²) < 4.78 is 54.2. The topological polar surface area (TPSA) is 116 Å². The number of nitrogens with zero attached hydrogens (tertiary/aromatic N) is 2. The first-order valence-corrected chi connectivity index (χ1v) is 11.5. The van der Waals surface area contributed by atoms with E-state index in [1.54, 1.807) is 0 Å². The molecule has 2 N–H and O–H groups in total. The summed E-state index contributed by atoms with van der Waals surface area (Å²) in [6.45, 7) is 2.65. The summed E-state index contributed by atoms with van der Waals surface area (Å²) in [6.07, 6.45) is 1.59. The van der Waals surface area contributed by atoms with Crippen molar-refractivity contribution in [2.45, 2.75) is 24.7 Å². The number of amides is 1. The van der Waals surface area contributed by atoms with Gasteiger partial charge in [0.15, 0.2) is 0 Å². The summed E-state index contributed by atoms with van der Waals surface area (Å²) >= 11 is 0. The van der Waals surface area contributed by atoms with E-state index in [4.69, 9.17) is 0 Å². The molecule has 1 amide bonds. The average molecular weight is 419 g/mol. The molecular weight excluding hydrogens is 392 g/mol. The van der Waals surface area contributed by atoms with Crippen LogP contribution in [-0.2, 0) is 25.0 Å². The van der Waals surface area contributed by atoms with E-state index in [-0.39, 0.29) is 22.4 Å². The van der Waals surface area contributed by atoms with Crippen molar-refractivity contribution in [2.24, 2.45) is 5.92 Å². The molecule has 1 unspecified atom stereocenters. The summed E-state index contributed by atoms with van der Waals surface area (Å²) in [5.74, 6) is -0.0608. The molecule has 0 spiro atoms. The molecule has 27 heavy (non-hydrogen) atoms. The van der Waals surface area contributed by atoms with Crippen LogP contribution in [0.3, 0.4) is 0 Å². The summed E-state index contributed by atoms with van der Waals surface area (Å²) in [5, 5.41) is 2.74. The fourth-order valence-electron chi connectivity index (χ4n) is 2.78. The highest BCUT2D eigenvalue weighted by atomic mass is 32.2. The van der Waals surface area contributed by atoms with Gasteiger partial charge in [-0.3, -0.25) is 9.52 Å². The monoisotopic (exact) mass is 418 g/mol. The Hall–Kier alpha value is -1.69. The number of hydrogen-bond acceptors (Lipinski definition) is 5. The molecule has 2 rings (SSSR count). The summed E-state index contributed by atoms with van der Waals surface area (Å²) in [7, 11) is -4.53. The van der Waals surface area contributed by atoms with Gasteiger partial charge in [-0.05, 0) is 43.0 Å². The number of piperidine rings is 1. The van der Waals surface area contributed by atoms with E-state index in [0.29, 0.717) is 19.6 Å². The SMILES string of the molecule is CC(=O)NCC1CCCN(S(=O)(=O)c2ccc(NS(=O)(=O)N(C)C)cc2)C1. The molecule has 0 aliphatic carbocycles. The fourth-order valence-corrected chi connectivity index (χ4v) is 4.96. The lowest BCUT2D eigenvalue weighted by atomic mass is 10.00. The van der Waals surface area contributed by atoms with Crippen LogP contribution in [0.5, 0.6) is 0 Å². The first kappa shape index (κ1) is 21.6. The minimum atomic E-state index is -3.68. The molecule has 1 heterocycles. The van der Waals surface area contributed by atoms with Gasteiger partial charge in [-0.1, -0.05) is 0 Å². The Morgan fingerprint density at radius 3 is 2.37 bits per heavy atom. The Kier molecular flexibility index (Phi) is 6.84. The zero-order valence-electron chi connectivity index (χ0n) is 15.7. The minimum Gasteiger partial charge on any atom is -0.356 e. The lowest BCUT2D eigenvalue weighted by Crippen LogP contribution is -2.43. The Morgan fingerprint density at radius 1 is 1.19 bits per heavy atom. The van der Waals surface area contributed by atoms with E-state index in [2.05, 4.69) is 10.0 Å². The number of hydrogen-bond donors (Lipinski definition) is 2. The maximum absolute atomic E-state index is 12.9. The van der Waals surface area contributed by atoms with Crippen molar-refractivity contribution in [1.82, 2.24) is 13.9 Å². The Balaban J connectivity index is 2.11. The van der Waals surface area contributed by atoms with Gasteiger partial charge in [-0.2, -0.15) is 17.0 Å². The molecule has 1 aromatic carbocycles. The smallest absolute Gasteiger partial charge is 0.301 e. The molecule has 1 aliphatic rings. The van der Waals surface area contributed by atoms with Crippen molar-refractivity contribution in [3.8, 4) is 0 Å². The second-order valence-electron chi connectivity index (χ2n) is 6.72. The minimum absolute atomic E-state index is 0.0728. The fraction of sp³-hybridized carbons (Fsp3) is 0.562. The Morgan fingerprint density at radius 2 is 1.81 bits per heavy atom. The molecule has 0 radical (unpaired) electrons. The van der Waals surface area contributed by atoms with E-state index in [1.807, 2.05) is 0 Å². The van der Waals surface area contributed by atoms with Crippen LogP contribution in [0.15, 0.2) is 29.2 Å². The van der Waals surface area contributed by atoms with Crippen molar-refractivity contribution >= 4 is 31.8 Å². The van der Waals surface area contributed by atoms with Gasteiger partial charge < -0.3 is 5.32 Å². The van der Waals surface area contributed by atoms with Crippen LogP contribution in [0.2, 0.25) is 0 Å². The van der Waals surface area contributed by atoms with Crippen molar-refractivity contribution < 1.29 is 21.6 Å². The predicted octanol–water partition coefficient (Wildman–Crippen LogP) is 0.442.